The Morgan fingerprint density at radius 2 is 1.90 bits per heavy atom. The fraction of sp³-hybridized carbons (Fsp3) is 0.304. The third-order valence-corrected chi connectivity index (χ3v) is 5.32. The van der Waals surface area contributed by atoms with Gasteiger partial charge in [-0.1, -0.05) is 12.1 Å². The molecular weight excluding hydrogens is 387 g/mol. The van der Waals surface area contributed by atoms with Gasteiger partial charge in [0.2, 0.25) is 5.91 Å². The molecule has 0 saturated heterocycles. The van der Waals surface area contributed by atoms with Gasteiger partial charge >= 0.3 is 0 Å². The van der Waals surface area contributed by atoms with E-state index in [1.165, 1.54) is 17.8 Å². The number of hydrogen-bond donors (Lipinski definition) is 0. The lowest BCUT2D eigenvalue weighted by atomic mass is 9.98. The van der Waals surface area contributed by atoms with E-state index in [1.807, 2.05) is 17.0 Å². The van der Waals surface area contributed by atoms with Crippen LogP contribution < -0.4 is 9.47 Å². The van der Waals surface area contributed by atoms with Crippen molar-refractivity contribution in [3.8, 4) is 22.8 Å². The van der Waals surface area contributed by atoms with E-state index in [1.54, 1.807) is 32.4 Å². The quantitative estimate of drug-likeness (QED) is 0.614. The molecule has 1 aliphatic heterocycles. The number of fused-ring (bicyclic) bond motifs is 1. The summed E-state index contributed by atoms with van der Waals surface area (Å²) in [6, 6.07) is 10.3. The number of oxazole rings is 1. The Morgan fingerprint density at radius 1 is 1.17 bits per heavy atom. The molecule has 0 radical (unpaired) electrons. The highest BCUT2D eigenvalue weighted by molar-refractivity contribution is 5.76. The maximum absolute atomic E-state index is 13.9. The third kappa shape index (κ3) is 4.01. The van der Waals surface area contributed by atoms with Crippen LogP contribution in [-0.2, 0) is 24.2 Å². The van der Waals surface area contributed by atoms with Crippen LogP contribution in [0, 0.1) is 5.82 Å². The van der Waals surface area contributed by atoms with Crippen LogP contribution in [0.15, 0.2) is 47.0 Å². The monoisotopic (exact) mass is 410 g/mol. The van der Waals surface area contributed by atoms with Crippen molar-refractivity contribution in [1.29, 1.82) is 0 Å². The number of carbonyl (C=O) groups excluding carboxylic acids is 1. The van der Waals surface area contributed by atoms with Gasteiger partial charge in [0.05, 0.1) is 26.0 Å². The number of halogens is 1. The number of ether oxygens (including phenoxy) is 2. The van der Waals surface area contributed by atoms with Crippen LogP contribution in [0.3, 0.4) is 0 Å². The van der Waals surface area contributed by atoms with E-state index in [9.17, 15) is 9.18 Å². The number of methoxy groups -OCH3 is 2. The van der Waals surface area contributed by atoms with Gasteiger partial charge in [-0.2, -0.15) is 0 Å². The molecule has 1 aromatic heterocycles. The standard InChI is InChI=1S/C23H23FN2O4/c1-28-19-11-15-9-10-26(14-16(15)12-20(19)29-2)23(27)8-7-22-25-13-21(30-22)17-5-3-4-6-18(17)24/h3-6,11-13H,7-10,14H2,1-2H3. The highest BCUT2D eigenvalue weighted by Gasteiger charge is 2.23. The minimum atomic E-state index is -0.365. The number of rotatable bonds is 6. The predicted octanol–water partition coefficient (Wildman–Crippen LogP) is 4.02. The second-order valence-corrected chi connectivity index (χ2v) is 7.14. The van der Waals surface area contributed by atoms with Gasteiger partial charge in [0.15, 0.2) is 23.1 Å². The van der Waals surface area contributed by atoms with Crippen LogP contribution in [0.2, 0.25) is 0 Å². The molecule has 6 nitrogen and oxygen atoms in total. The first-order valence-electron chi connectivity index (χ1n) is 9.80. The molecule has 0 N–H and O–H groups in total. The van der Waals surface area contributed by atoms with Crippen LogP contribution in [0.25, 0.3) is 11.3 Å². The Labute approximate surface area is 174 Å². The lowest BCUT2D eigenvalue weighted by Crippen LogP contribution is -2.36. The minimum Gasteiger partial charge on any atom is -0.493 e. The molecular formula is C23H23FN2O4. The van der Waals surface area contributed by atoms with Crippen molar-refractivity contribution in [2.45, 2.75) is 25.8 Å². The second kappa shape index (κ2) is 8.57. The van der Waals surface area contributed by atoms with E-state index in [0.717, 1.165) is 12.0 Å². The highest BCUT2D eigenvalue weighted by atomic mass is 19.1. The number of aryl methyl sites for hydroxylation is 1. The molecule has 3 aromatic rings. The number of aromatic nitrogens is 1. The molecule has 4 rings (SSSR count). The van der Waals surface area contributed by atoms with Gasteiger partial charge in [0, 0.05) is 25.9 Å². The normalized spacial score (nSPS) is 13.1. The number of hydrogen-bond acceptors (Lipinski definition) is 5. The fourth-order valence-electron chi connectivity index (χ4n) is 3.68. The first-order chi connectivity index (χ1) is 14.6. The largest absolute Gasteiger partial charge is 0.493 e. The first-order valence-corrected chi connectivity index (χ1v) is 9.80. The summed E-state index contributed by atoms with van der Waals surface area (Å²) >= 11 is 0. The fourth-order valence-corrected chi connectivity index (χ4v) is 3.68. The Bertz CT molecular complexity index is 1060. The van der Waals surface area contributed by atoms with Crippen molar-refractivity contribution in [2.75, 3.05) is 20.8 Å². The van der Waals surface area contributed by atoms with Gasteiger partial charge in [0.25, 0.3) is 0 Å². The molecule has 1 amide bonds. The summed E-state index contributed by atoms with van der Waals surface area (Å²) in [4.78, 5) is 18.8. The Hall–Kier alpha value is -3.35. The van der Waals surface area contributed by atoms with Crippen molar-refractivity contribution in [3.05, 3.63) is 65.4 Å². The zero-order valence-electron chi connectivity index (χ0n) is 17.0. The minimum absolute atomic E-state index is 0.0288. The van der Waals surface area contributed by atoms with E-state index in [4.69, 9.17) is 13.9 Å². The molecule has 0 unspecified atom stereocenters. The number of nitrogens with zero attached hydrogens (tertiary/aromatic N) is 2. The second-order valence-electron chi connectivity index (χ2n) is 7.14. The average molecular weight is 410 g/mol. The molecule has 0 aliphatic carbocycles. The summed E-state index contributed by atoms with van der Waals surface area (Å²) in [5, 5.41) is 0. The van der Waals surface area contributed by atoms with E-state index >= 15 is 0 Å². The molecule has 0 fully saturated rings. The Morgan fingerprint density at radius 3 is 2.63 bits per heavy atom. The highest BCUT2D eigenvalue weighted by Crippen LogP contribution is 2.33. The zero-order valence-corrected chi connectivity index (χ0v) is 17.0. The third-order valence-electron chi connectivity index (χ3n) is 5.32. The maximum Gasteiger partial charge on any atom is 0.223 e. The van der Waals surface area contributed by atoms with Gasteiger partial charge in [0.1, 0.15) is 5.82 Å². The van der Waals surface area contributed by atoms with E-state index in [2.05, 4.69) is 4.98 Å². The van der Waals surface area contributed by atoms with Gasteiger partial charge in [-0.15, -0.1) is 0 Å². The van der Waals surface area contributed by atoms with Crippen molar-refractivity contribution in [3.63, 3.8) is 0 Å². The number of benzene rings is 2. The molecule has 2 heterocycles. The molecule has 2 aromatic carbocycles. The summed E-state index contributed by atoms with van der Waals surface area (Å²) in [6.07, 6.45) is 2.90. The molecule has 0 atom stereocenters. The summed E-state index contributed by atoms with van der Waals surface area (Å²) in [6.45, 7) is 1.17. The topological polar surface area (TPSA) is 64.8 Å². The molecule has 0 saturated carbocycles. The van der Waals surface area contributed by atoms with Gasteiger partial charge in [-0.25, -0.2) is 9.37 Å². The van der Waals surface area contributed by atoms with Crippen molar-refractivity contribution < 1.29 is 23.1 Å². The van der Waals surface area contributed by atoms with Crippen LogP contribution in [0.5, 0.6) is 11.5 Å². The summed E-state index contributed by atoms with van der Waals surface area (Å²) in [5.41, 5.74) is 2.59. The van der Waals surface area contributed by atoms with Crippen molar-refractivity contribution in [2.24, 2.45) is 0 Å². The van der Waals surface area contributed by atoms with Crippen LogP contribution in [-0.4, -0.2) is 36.6 Å². The Balaban J connectivity index is 1.39. The van der Waals surface area contributed by atoms with E-state index < -0.39 is 0 Å². The predicted molar refractivity (Wildman–Crippen MR) is 109 cm³/mol. The maximum atomic E-state index is 13.9. The molecule has 7 heteroatoms. The summed E-state index contributed by atoms with van der Waals surface area (Å²) in [5.74, 6) is 1.81. The van der Waals surface area contributed by atoms with Crippen LogP contribution >= 0.6 is 0 Å². The lowest BCUT2D eigenvalue weighted by molar-refractivity contribution is -0.132. The molecule has 156 valence electrons. The molecule has 0 spiro atoms. The molecule has 30 heavy (non-hydrogen) atoms. The van der Waals surface area contributed by atoms with E-state index in [-0.39, 0.29) is 18.1 Å². The van der Waals surface area contributed by atoms with Crippen LogP contribution in [0.4, 0.5) is 4.39 Å². The molecule has 1 aliphatic rings. The number of carbonyl (C=O) groups is 1. The van der Waals surface area contributed by atoms with Gasteiger partial charge < -0.3 is 18.8 Å². The smallest absolute Gasteiger partial charge is 0.223 e. The van der Waals surface area contributed by atoms with Crippen molar-refractivity contribution in [1.82, 2.24) is 9.88 Å². The average Bonchev–Trinajstić information content (AvgIpc) is 3.25. The zero-order chi connectivity index (χ0) is 21.1. The first kappa shape index (κ1) is 19.9. The van der Waals surface area contributed by atoms with Crippen LogP contribution in [0.1, 0.15) is 23.4 Å². The summed E-state index contributed by atoms with van der Waals surface area (Å²) < 4.78 is 30.3. The summed E-state index contributed by atoms with van der Waals surface area (Å²) in [7, 11) is 3.21. The molecule has 0 bridgehead atoms. The van der Waals surface area contributed by atoms with E-state index in [0.29, 0.717) is 48.2 Å². The SMILES string of the molecule is COc1cc2c(cc1OC)CN(C(=O)CCc1ncc(-c3ccccc3F)o1)CC2. The number of amides is 1. The van der Waals surface area contributed by atoms with Gasteiger partial charge in [-0.3, -0.25) is 4.79 Å². The van der Waals surface area contributed by atoms with Crippen molar-refractivity contribution >= 4 is 5.91 Å². The Kier molecular flexibility index (Phi) is 5.70. The van der Waals surface area contributed by atoms with Gasteiger partial charge in [-0.05, 0) is 41.8 Å². The lowest BCUT2D eigenvalue weighted by Gasteiger charge is -2.29.